The third-order valence-corrected chi connectivity index (χ3v) is 5.91. The first kappa shape index (κ1) is 28.8. The monoisotopic (exact) mass is 553 g/mol. The molecule has 4 aromatic carbocycles. The van der Waals surface area contributed by atoms with Gasteiger partial charge < -0.3 is 25.3 Å². The highest BCUT2D eigenvalue weighted by atomic mass is 16.5. The first-order valence-corrected chi connectivity index (χ1v) is 13.4. The number of carbonyl (C=O) groups excluding carboxylic acids is 1. The van der Waals surface area contributed by atoms with Gasteiger partial charge in [-0.25, -0.2) is 0 Å². The summed E-state index contributed by atoms with van der Waals surface area (Å²) in [5, 5.41) is 10.9. The largest absolute Gasteiger partial charge is 0.490 e. The van der Waals surface area contributed by atoms with Crippen LogP contribution in [0.4, 0.5) is 11.4 Å². The minimum atomic E-state index is -0.819. The van der Waals surface area contributed by atoms with Crippen molar-refractivity contribution in [1.29, 1.82) is 5.41 Å². The van der Waals surface area contributed by atoms with E-state index in [2.05, 4.69) is 16.2 Å². The van der Waals surface area contributed by atoms with E-state index >= 15 is 0 Å². The Hall–Kier alpha value is -5.18. The molecular formula is C32H35N5O4. The number of hydrogen-bond acceptors (Lipinski definition) is 7. The number of carbonyl (C=O) groups is 1. The van der Waals surface area contributed by atoms with Gasteiger partial charge in [-0.05, 0) is 87.0 Å². The highest BCUT2D eigenvalue weighted by Gasteiger charge is 2.23. The van der Waals surface area contributed by atoms with Crippen molar-refractivity contribution in [1.82, 2.24) is 5.43 Å². The molecule has 0 aromatic heterocycles. The van der Waals surface area contributed by atoms with Crippen LogP contribution in [0.15, 0.2) is 97.1 Å². The third kappa shape index (κ3) is 7.92. The van der Waals surface area contributed by atoms with Gasteiger partial charge >= 0.3 is 0 Å². The van der Waals surface area contributed by atoms with Crippen molar-refractivity contribution < 1.29 is 19.0 Å². The Labute approximate surface area is 240 Å². The zero-order valence-corrected chi connectivity index (χ0v) is 23.3. The van der Waals surface area contributed by atoms with E-state index in [-0.39, 0.29) is 17.8 Å². The SMILES string of the molecule is CCOc1cc(C(Nc2ccc(C(=N)N)cc2)C(=O)NNc2ccccc2Oc2ccccc2)ccc1OC(C)C. The Morgan fingerprint density at radius 2 is 1.59 bits per heavy atom. The number of amidine groups is 1. The van der Waals surface area contributed by atoms with Crippen LogP contribution in [0.1, 0.15) is 37.9 Å². The molecule has 0 heterocycles. The van der Waals surface area contributed by atoms with Crippen LogP contribution in [-0.4, -0.2) is 24.5 Å². The summed E-state index contributed by atoms with van der Waals surface area (Å²) in [5.74, 6) is 1.98. The van der Waals surface area contributed by atoms with E-state index in [0.717, 1.165) is 0 Å². The van der Waals surface area contributed by atoms with Crippen LogP contribution in [0.5, 0.6) is 23.0 Å². The minimum absolute atomic E-state index is 0.0338. The minimum Gasteiger partial charge on any atom is -0.490 e. The second-order valence-corrected chi connectivity index (χ2v) is 9.40. The van der Waals surface area contributed by atoms with Crippen molar-refractivity contribution in [2.24, 2.45) is 5.73 Å². The molecule has 41 heavy (non-hydrogen) atoms. The summed E-state index contributed by atoms with van der Waals surface area (Å²) >= 11 is 0. The van der Waals surface area contributed by atoms with Gasteiger partial charge in [-0.3, -0.25) is 21.1 Å². The lowest BCUT2D eigenvalue weighted by atomic mass is 10.0. The molecular weight excluding hydrogens is 518 g/mol. The average Bonchev–Trinajstić information content (AvgIpc) is 2.97. The Kier molecular flexibility index (Phi) is 9.66. The van der Waals surface area contributed by atoms with Gasteiger partial charge in [0, 0.05) is 11.3 Å². The van der Waals surface area contributed by atoms with Crippen molar-refractivity contribution in [3.63, 3.8) is 0 Å². The quantitative estimate of drug-likeness (QED) is 0.0752. The van der Waals surface area contributed by atoms with Gasteiger partial charge in [-0.15, -0.1) is 0 Å². The maximum Gasteiger partial charge on any atom is 0.265 e. The van der Waals surface area contributed by atoms with E-state index in [9.17, 15) is 4.79 Å². The standard InChI is InChI=1S/C32H35N5O4/c1-4-39-29-20-23(16-19-28(29)40-21(2)3)30(35-24-17-14-22(15-18-24)31(33)34)32(38)37-36-26-12-8-9-13-27(26)41-25-10-6-5-7-11-25/h5-21,30,35-36H,4H2,1-3H3,(H3,33,34)(H,37,38). The highest BCUT2D eigenvalue weighted by molar-refractivity contribution is 5.95. The van der Waals surface area contributed by atoms with E-state index < -0.39 is 6.04 Å². The molecule has 0 spiro atoms. The molecule has 0 aliphatic heterocycles. The lowest BCUT2D eigenvalue weighted by Crippen LogP contribution is -2.37. The van der Waals surface area contributed by atoms with E-state index in [4.69, 9.17) is 25.4 Å². The molecule has 9 nitrogen and oxygen atoms in total. The number of ether oxygens (including phenoxy) is 3. The number of nitrogens with one attached hydrogen (secondary N) is 4. The zero-order valence-electron chi connectivity index (χ0n) is 23.3. The summed E-state index contributed by atoms with van der Waals surface area (Å²) in [4.78, 5) is 13.7. The Balaban J connectivity index is 1.60. The van der Waals surface area contributed by atoms with E-state index in [1.165, 1.54) is 0 Å². The lowest BCUT2D eigenvalue weighted by Gasteiger charge is -2.23. The molecule has 0 saturated carbocycles. The molecule has 1 amide bonds. The van der Waals surface area contributed by atoms with Gasteiger partial charge in [0.05, 0.1) is 18.4 Å². The van der Waals surface area contributed by atoms with Crippen molar-refractivity contribution >= 4 is 23.1 Å². The number of hydrazine groups is 1. The number of para-hydroxylation sites is 3. The smallest absolute Gasteiger partial charge is 0.265 e. The zero-order chi connectivity index (χ0) is 29.2. The molecule has 6 N–H and O–H groups in total. The van der Waals surface area contributed by atoms with Gasteiger partial charge in [0.2, 0.25) is 0 Å². The summed E-state index contributed by atoms with van der Waals surface area (Å²) in [6.07, 6.45) is -0.0422. The number of nitrogen functional groups attached to an aromatic ring is 1. The van der Waals surface area contributed by atoms with Crippen LogP contribution >= 0.6 is 0 Å². The van der Waals surface area contributed by atoms with E-state index in [1.807, 2.05) is 81.4 Å². The second-order valence-electron chi connectivity index (χ2n) is 9.40. The second kappa shape index (κ2) is 13.7. The third-order valence-electron chi connectivity index (χ3n) is 5.91. The Bertz CT molecular complexity index is 1460. The summed E-state index contributed by atoms with van der Waals surface area (Å²) < 4.78 is 17.8. The van der Waals surface area contributed by atoms with Gasteiger partial charge in [0.1, 0.15) is 17.6 Å². The first-order valence-electron chi connectivity index (χ1n) is 13.4. The maximum absolute atomic E-state index is 13.7. The fourth-order valence-corrected chi connectivity index (χ4v) is 4.01. The Morgan fingerprint density at radius 1 is 0.878 bits per heavy atom. The van der Waals surface area contributed by atoms with Crippen molar-refractivity contribution in [3.05, 3.63) is 108 Å². The number of benzene rings is 4. The van der Waals surface area contributed by atoms with Crippen LogP contribution in [0.3, 0.4) is 0 Å². The number of hydrogen-bond donors (Lipinski definition) is 5. The molecule has 0 aliphatic carbocycles. The van der Waals surface area contributed by atoms with Gasteiger partial charge in [0.15, 0.2) is 17.2 Å². The molecule has 1 unspecified atom stereocenters. The molecule has 212 valence electrons. The summed E-state index contributed by atoms with van der Waals surface area (Å²) in [7, 11) is 0. The number of anilines is 2. The van der Waals surface area contributed by atoms with Crippen LogP contribution < -0.4 is 36.1 Å². The van der Waals surface area contributed by atoms with Crippen molar-refractivity contribution in [2.75, 3.05) is 17.3 Å². The fraction of sp³-hybridized carbons (Fsp3) is 0.188. The summed E-state index contributed by atoms with van der Waals surface area (Å²) in [6.45, 7) is 6.21. The van der Waals surface area contributed by atoms with Crippen LogP contribution in [0.2, 0.25) is 0 Å². The van der Waals surface area contributed by atoms with E-state index in [0.29, 0.717) is 52.1 Å². The molecule has 1 atom stereocenters. The molecule has 4 rings (SSSR count). The summed E-state index contributed by atoms with van der Waals surface area (Å²) in [5.41, 5.74) is 13.9. The van der Waals surface area contributed by atoms with Gasteiger partial charge in [-0.1, -0.05) is 36.4 Å². The summed E-state index contributed by atoms with van der Waals surface area (Å²) in [6, 6.07) is 28.3. The molecule has 0 bridgehead atoms. The molecule has 9 heteroatoms. The average molecular weight is 554 g/mol. The normalized spacial score (nSPS) is 11.3. The fourth-order valence-electron chi connectivity index (χ4n) is 4.01. The van der Waals surface area contributed by atoms with Crippen molar-refractivity contribution in [2.45, 2.75) is 32.9 Å². The van der Waals surface area contributed by atoms with Crippen LogP contribution in [-0.2, 0) is 4.79 Å². The molecule has 0 fully saturated rings. The number of amides is 1. The van der Waals surface area contributed by atoms with E-state index in [1.54, 1.807) is 36.4 Å². The van der Waals surface area contributed by atoms with Crippen molar-refractivity contribution in [3.8, 4) is 23.0 Å². The predicted molar refractivity (Wildman–Crippen MR) is 162 cm³/mol. The highest BCUT2D eigenvalue weighted by Crippen LogP contribution is 2.33. The number of nitrogens with two attached hydrogens (primary N) is 1. The van der Waals surface area contributed by atoms with Crippen LogP contribution in [0, 0.1) is 5.41 Å². The molecule has 4 aromatic rings. The molecule has 0 radical (unpaired) electrons. The van der Waals surface area contributed by atoms with Gasteiger partial charge in [0.25, 0.3) is 5.91 Å². The predicted octanol–water partition coefficient (Wildman–Crippen LogP) is 6.25. The maximum atomic E-state index is 13.7. The molecule has 0 aliphatic rings. The number of rotatable bonds is 13. The first-order chi connectivity index (χ1) is 19.8. The lowest BCUT2D eigenvalue weighted by molar-refractivity contribution is -0.121. The topological polar surface area (TPSA) is 131 Å². The van der Waals surface area contributed by atoms with Gasteiger partial charge in [-0.2, -0.15) is 0 Å². The van der Waals surface area contributed by atoms with Crippen LogP contribution in [0.25, 0.3) is 0 Å². The Morgan fingerprint density at radius 3 is 2.27 bits per heavy atom. The molecule has 0 saturated heterocycles.